The Hall–Kier alpha value is -2.90. The number of hydrogen-bond donors (Lipinski definition) is 1. The van der Waals surface area contributed by atoms with Gasteiger partial charge >= 0.3 is 0 Å². The maximum atomic E-state index is 13.6. The summed E-state index contributed by atoms with van der Waals surface area (Å²) in [7, 11) is 0. The lowest BCUT2D eigenvalue weighted by atomic mass is 10.1. The van der Waals surface area contributed by atoms with Gasteiger partial charge in [0.05, 0.1) is 18.4 Å². The topological polar surface area (TPSA) is 86.7 Å². The number of fused-ring (bicyclic) bond motifs is 1. The molecule has 0 saturated heterocycles. The number of aromatic nitrogens is 4. The molecular formula is C13H9F2N5O. The average Bonchev–Trinajstić information content (AvgIpc) is 2.83. The fraction of sp³-hybridized carbons (Fsp3) is 0.0769. The van der Waals surface area contributed by atoms with Gasteiger partial charge in [0, 0.05) is 0 Å². The van der Waals surface area contributed by atoms with E-state index < -0.39 is 23.0 Å². The van der Waals surface area contributed by atoms with Crippen molar-refractivity contribution in [1.29, 1.82) is 0 Å². The van der Waals surface area contributed by atoms with E-state index in [-0.39, 0.29) is 12.4 Å². The Morgan fingerprint density at radius 2 is 1.90 bits per heavy atom. The molecule has 0 aliphatic carbocycles. The molecule has 3 aromatic rings. The zero-order chi connectivity index (χ0) is 15.0. The Morgan fingerprint density at radius 3 is 2.62 bits per heavy atom. The Labute approximate surface area is 117 Å². The molecule has 2 N–H and O–H groups in total. The van der Waals surface area contributed by atoms with Crippen molar-refractivity contribution in [2.24, 2.45) is 0 Å². The number of benzene rings is 1. The number of nitrogens with zero attached hydrogens (tertiary/aromatic N) is 4. The first-order chi connectivity index (χ1) is 10.1. The van der Waals surface area contributed by atoms with Crippen LogP contribution in [0.5, 0.6) is 0 Å². The zero-order valence-corrected chi connectivity index (χ0v) is 10.6. The number of ketones is 1. The highest BCUT2D eigenvalue weighted by Gasteiger charge is 2.19. The van der Waals surface area contributed by atoms with E-state index in [1.54, 1.807) is 0 Å². The van der Waals surface area contributed by atoms with Gasteiger partial charge in [-0.05, 0) is 12.1 Å². The summed E-state index contributed by atoms with van der Waals surface area (Å²) < 4.78 is 28.5. The van der Waals surface area contributed by atoms with Crippen LogP contribution in [0.1, 0.15) is 10.4 Å². The van der Waals surface area contributed by atoms with E-state index in [2.05, 4.69) is 15.0 Å². The van der Waals surface area contributed by atoms with Gasteiger partial charge in [-0.2, -0.15) is 0 Å². The maximum absolute atomic E-state index is 13.6. The number of nitrogen functional groups attached to an aromatic ring is 1. The molecule has 1 aromatic carbocycles. The molecule has 2 aromatic heterocycles. The third-order valence-corrected chi connectivity index (χ3v) is 2.99. The fourth-order valence-electron chi connectivity index (χ4n) is 2.01. The normalized spacial score (nSPS) is 11.0. The molecule has 21 heavy (non-hydrogen) atoms. The van der Waals surface area contributed by atoms with Crippen molar-refractivity contribution in [3.05, 3.63) is 48.1 Å². The number of halogens is 2. The number of carbonyl (C=O) groups excluding carboxylic acids is 1. The number of carbonyl (C=O) groups is 1. The van der Waals surface area contributed by atoms with Crippen molar-refractivity contribution in [3.8, 4) is 0 Å². The van der Waals surface area contributed by atoms with Gasteiger partial charge in [-0.3, -0.25) is 4.79 Å². The first kappa shape index (κ1) is 13.1. The van der Waals surface area contributed by atoms with Crippen molar-refractivity contribution >= 4 is 22.8 Å². The number of rotatable bonds is 3. The van der Waals surface area contributed by atoms with E-state index in [4.69, 9.17) is 5.73 Å². The molecule has 0 radical (unpaired) electrons. The largest absolute Gasteiger partial charge is 0.382 e. The summed E-state index contributed by atoms with van der Waals surface area (Å²) in [5, 5.41) is 0. The van der Waals surface area contributed by atoms with Crippen LogP contribution in [0.15, 0.2) is 30.9 Å². The fourth-order valence-corrected chi connectivity index (χ4v) is 2.01. The van der Waals surface area contributed by atoms with E-state index in [1.165, 1.54) is 23.3 Å². The maximum Gasteiger partial charge on any atom is 0.188 e. The molecule has 2 heterocycles. The number of hydrogen-bond acceptors (Lipinski definition) is 5. The molecule has 0 fully saturated rings. The van der Waals surface area contributed by atoms with Crippen molar-refractivity contribution in [2.45, 2.75) is 6.54 Å². The van der Waals surface area contributed by atoms with E-state index in [9.17, 15) is 13.6 Å². The van der Waals surface area contributed by atoms with Gasteiger partial charge in [0.1, 0.15) is 23.5 Å². The molecular weight excluding hydrogens is 280 g/mol. The minimum absolute atomic E-state index is 0.170. The second-order valence-corrected chi connectivity index (χ2v) is 4.32. The van der Waals surface area contributed by atoms with Crippen LogP contribution in [-0.2, 0) is 6.54 Å². The van der Waals surface area contributed by atoms with Crippen LogP contribution in [0.25, 0.3) is 11.2 Å². The highest BCUT2D eigenvalue weighted by Crippen LogP contribution is 2.17. The molecule has 106 valence electrons. The third kappa shape index (κ3) is 2.20. The van der Waals surface area contributed by atoms with Gasteiger partial charge in [-0.15, -0.1) is 0 Å². The van der Waals surface area contributed by atoms with Gasteiger partial charge in [0.25, 0.3) is 0 Å². The molecule has 0 saturated carbocycles. The molecule has 3 rings (SSSR count). The van der Waals surface area contributed by atoms with Crippen molar-refractivity contribution in [1.82, 2.24) is 19.5 Å². The summed E-state index contributed by atoms with van der Waals surface area (Å²) in [4.78, 5) is 23.8. The summed E-state index contributed by atoms with van der Waals surface area (Å²) >= 11 is 0. The Morgan fingerprint density at radius 1 is 1.19 bits per heavy atom. The van der Waals surface area contributed by atoms with Gasteiger partial charge in [-0.1, -0.05) is 6.07 Å². The number of Topliss-reactive ketones (excluding diaryl/α,β-unsaturated/α-hetero) is 1. The Kier molecular flexibility index (Phi) is 3.05. The lowest BCUT2D eigenvalue weighted by Crippen LogP contribution is -2.13. The first-order valence-corrected chi connectivity index (χ1v) is 5.96. The van der Waals surface area contributed by atoms with Crippen LogP contribution in [0, 0.1) is 11.6 Å². The Bertz CT molecular complexity index is 825. The number of anilines is 1. The molecule has 0 unspecified atom stereocenters. The van der Waals surface area contributed by atoms with Crippen molar-refractivity contribution in [3.63, 3.8) is 0 Å². The van der Waals surface area contributed by atoms with Crippen LogP contribution in [-0.4, -0.2) is 25.3 Å². The first-order valence-electron chi connectivity index (χ1n) is 5.96. The highest BCUT2D eigenvalue weighted by molar-refractivity contribution is 5.97. The highest BCUT2D eigenvalue weighted by atomic mass is 19.1. The predicted octanol–water partition coefficient (Wildman–Crippen LogP) is 1.57. The second-order valence-electron chi connectivity index (χ2n) is 4.32. The van der Waals surface area contributed by atoms with E-state index >= 15 is 0 Å². The van der Waals surface area contributed by atoms with Crippen molar-refractivity contribution < 1.29 is 13.6 Å². The lowest BCUT2D eigenvalue weighted by molar-refractivity contribution is 0.0965. The van der Waals surface area contributed by atoms with Crippen LogP contribution in [0.3, 0.4) is 0 Å². The van der Waals surface area contributed by atoms with E-state index in [0.29, 0.717) is 11.2 Å². The number of imidazole rings is 1. The number of nitrogens with two attached hydrogens (primary N) is 1. The molecule has 0 amide bonds. The van der Waals surface area contributed by atoms with Gasteiger partial charge in [0.2, 0.25) is 0 Å². The molecule has 0 spiro atoms. The summed E-state index contributed by atoms with van der Waals surface area (Å²) in [5.74, 6) is -2.36. The average molecular weight is 289 g/mol. The van der Waals surface area contributed by atoms with E-state index in [1.807, 2.05) is 0 Å². The summed E-state index contributed by atoms with van der Waals surface area (Å²) in [6, 6.07) is 3.26. The molecule has 0 aliphatic heterocycles. The van der Waals surface area contributed by atoms with Crippen LogP contribution < -0.4 is 5.73 Å². The minimum atomic E-state index is -0.904. The molecule has 8 heteroatoms. The van der Waals surface area contributed by atoms with Crippen LogP contribution >= 0.6 is 0 Å². The van der Waals surface area contributed by atoms with Crippen LogP contribution in [0.4, 0.5) is 14.6 Å². The second kappa shape index (κ2) is 4.89. The van der Waals surface area contributed by atoms with E-state index in [0.717, 1.165) is 12.1 Å². The Balaban J connectivity index is 1.99. The predicted molar refractivity (Wildman–Crippen MR) is 70.4 cm³/mol. The standard InChI is InChI=1S/C13H9F2N5O/c14-7-2-1-3-8(15)10(7)9(21)4-20-6-19-11-12(16)17-5-18-13(11)20/h1-3,5-6H,4H2,(H2,16,17,18). The smallest absolute Gasteiger partial charge is 0.188 e. The van der Waals surface area contributed by atoms with Gasteiger partial charge in [0.15, 0.2) is 17.2 Å². The summed E-state index contributed by atoms with van der Waals surface area (Å²) in [5.41, 5.74) is 5.70. The SMILES string of the molecule is Nc1ncnc2c1ncn2CC(=O)c1c(F)cccc1F. The summed E-state index contributed by atoms with van der Waals surface area (Å²) in [6.07, 6.45) is 2.55. The van der Waals surface area contributed by atoms with Crippen molar-refractivity contribution in [2.75, 3.05) is 5.73 Å². The van der Waals surface area contributed by atoms with Gasteiger partial charge in [-0.25, -0.2) is 23.7 Å². The lowest BCUT2D eigenvalue weighted by Gasteiger charge is -2.05. The molecule has 0 aliphatic rings. The summed E-state index contributed by atoms with van der Waals surface area (Å²) in [6.45, 7) is -0.301. The van der Waals surface area contributed by atoms with Crippen LogP contribution in [0.2, 0.25) is 0 Å². The van der Waals surface area contributed by atoms with Gasteiger partial charge < -0.3 is 10.3 Å². The monoisotopic (exact) mass is 289 g/mol. The zero-order valence-electron chi connectivity index (χ0n) is 10.6. The quantitative estimate of drug-likeness (QED) is 0.739. The molecule has 0 atom stereocenters. The molecule has 0 bridgehead atoms. The third-order valence-electron chi connectivity index (χ3n) is 2.99. The molecule has 6 nitrogen and oxygen atoms in total. The minimum Gasteiger partial charge on any atom is -0.382 e.